The minimum atomic E-state index is 0.774. The van der Waals surface area contributed by atoms with Crippen LogP contribution in [0.1, 0.15) is 19.8 Å². The van der Waals surface area contributed by atoms with Crippen LogP contribution in [0.4, 0.5) is 0 Å². The minimum absolute atomic E-state index is 0.774. The van der Waals surface area contributed by atoms with Gasteiger partial charge < -0.3 is 10.6 Å². The maximum absolute atomic E-state index is 3.58. The van der Waals surface area contributed by atoms with Crippen molar-refractivity contribution in [1.29, 1.82) is 0 Å². The summed E-state index contributed by atoms with van der Waals surface area (Å²) in [6.07, 6.45) is 2.96. The first-order valence-electron chi connectivity index (χ1n) is 4.80. The summed E-state index contributed by atoms with van der Waals surface area (Å²) in [6.45, 7) is 5.96. The quantitative estimate of drug-likeness (QED) is 0.619. The molecule has 1 heterocycles. The lowest BCUT2D eigenvalue weighted by atomic mass is 10.1. The summed E-state index contributed by atoms with van der Waals surface area (Å²) in [5, 5.41) is 6.84. The van der Waals surface area contributed by atoms with Crippen molar-refractivity contribution in [1.82, 2.24) is 10.6 Å². The zero-order chi connectivity index (χ0) is 7.68. The molecule has 0 aromatic carbocycles. The molecular formula is C9H18N2. The van der Waals surface area contributed by atoms with Gasteiger partial charge in [0.2, 0.25) is 0 Å². The Balaban J connectivity index is 1.57. The Hall–Kier alpha value is -0.0800. The molecule has 0 aromatic heterocycles. The second-order valence-electron chi connectivity index (χ2n) is 4.08. The topological polar surface area (TPSA) is 24.1 Å². The van der Waals surface area contributed by atoms with Crippen LogP contribution in [0, 0.1) is 11.8 Å². The number of nitrogens with one attached hydrogen (secondary N) is 2. The smallest absolute Gasteiger partial charge is 0.0317 e. The van der Waals surface area contributed by atoms with Crippen LogP contribution in [0.25, 0.3) is 0 Å². The van der Waals surface area contributed by atoms with Gasteiger partial charge in [-0.3, -0.25) is 0 Å². The molecule has 2 nitrogen and oxygen atoms in total. The standard InChI is InChI=1S/C9H18N2/c1-7(8-2-3-8)4-11-9-5-10-6-9/h7-11H,2-6H2,1H3. The molecule has 2 fully saturated rings. The van der Waals surface area contributed by atoms with Gasteiger partial charge in [-0.05, 0) is 31.2 Å². The third kappa shape index (κ3) is 1.94. The van der Waals surface area contributed by atoms with Crippen LogP contribution in [-0.2, 0) is 0 Å². The number of hydrogen-bond acceptors (Lipinski definition) is 2. The molecule has 1 aliphatic carbocycles. The van der Waals surface area contributed by atoms with E-state index in [4.69, 9.17) is 0 Å². The van der Waals surface area contributed by atoms with Gasteiger partial charge in [-0.15, -0.1) is 0 Å². The molecule has 0 spiro atoms. The van der Waals surface area contributed by atoms with Gasteiger partial charge in [0, 0.05) is 19.1 Å². The van der Waals surface area contributed by atoms with E-state index in [1.54, 1.807) is 0 Å². The lowest BCUT2D eigenvalue weighted by molar-refractivity contribution is 0.334. The SMILES string of the molecule is CC(CNC1CNC1)C1CC1. The van der Waals surface area contributed by atoms with E-state index in [0.717, 1.165) is 17.9 Å². The average molecular weight is 154 g/mol. The highest BCUT2D eigenvalue weighted by Gasteiger charge is 2.28. The van der Waals surface area contributed by atoms with Crippen molar-refractivity contribution in [3.63, 3.8) is 0 Å². The van der Waals surface area contributed by atoms with Crippen molar-refractivity contribution in [3.8, 4) is 0 Å². The van der Waals surface area contributed by atoms with Crippen molar-refractivity contribution in [3.05, 3.63) is 0 Å². The van der Waals surface area contributed by atoms with Crippen LogP contribution in [0.2, 0.25) is 0 Å². The normalized spacial score (nSPS) is 28.1. The fourth-order valence-corrected chi connectivity index (χ4v) is 1.62. The second-order valence-corrected chi connectivity index (χ2v) is 4.08. The molecule has 64 valence electrons. The fourth-order valence-electron chi connectivity index (χ4n) is 1.62. The van der Waals surface area contributed by atoms with Crippen LogP contribution in [0.3, 0.4) is 0 Å². The van der Waals surface area contributed by atoms with Crippen molar-refractivity contribution < 1.29 is 0 Å². The van der Waals surface area contributed by atoms with Crippen LogP contribution < -0.4 is 10.6 Å². The molecular weight excluding hydrogens is 136 g/mol. The van der Waals surface area contributed by atoms with E-state index in [1.165, 1.54) is 32.5 Å². The molecule has 1 atom stereocenters. The van der Waals surface area contributed by atoms with Gasteiger partial charge in [0.25, 0.3) is 0 Å². The van der Waals surface area contributed by atoms with E-state index in [-0.39, 0.29) is 0 Å². The molecule has 0 amide bonds. The van der Waals surface area contributed by atoms with Gasteiger partial charge in [-0.1, -0.05) is 6.92 Å². The zero-order valence-corrected chi connectivity index (χ0v) is 7.27. The molecule has 2 N–H and O–H groups in total. The van der Waals surface area contributed by atoms with Crippen LogP contribution in [0.15, 0.2) is 0 Å². The summed E-state index contributed by atoms with van der Waals surface area (Å²) in [4.78, 5) is 0. The second kappa shape index (κ2) is 3.11. The molecule has 2 heteroatoms. The van der Waals surface area contributed by atoms with E-state index in [0.29, 0.717) is 0 Å². The first-order valence-corrected chi connectivity index (χ1v) is 4.80. The third-order valence-electron chi connectivity index (χ3n) is 2.94. The highest BCUT2D eigenvalue weighted by Crippen LogP contribution is 2.36. The first kappa shape index (κ1) is 7.56. The largest absolute Gasteiger partial charge is 0.314 e. The average Bonchev–Trinajstić information content (AvgIpc) is 2.64. The van der Waals surface area contributed by atoms with Crippen molar-refractivity contribution in [2.24, 2.45) is 11.8 Å². The molecule has 11 heavy (non-hydrogen) atoms. The molecule has 0 aromatic rings. The molecule has 1 saturated heterocycles. The van der Waals surface area contributed by atoms with Gasteiger partial charge in [0.15, 0.2) is 0 Å². The Bertz CT molecular complexity index is 128. The minimum Gasteiger partial charge on any atom is -0.314 e. The van der Waals surface area contributed by atoms with Gasteiger partial charge >= 0.3 is 0 Å². The van der Waals surface area contributed by atoms with Gasteiger partial charge in [0.1, 0.15) is 0 Å². The maximum atomic E-state index is 3.58. The zero-order valence-electron chi connectivity index (χ0n) is 7.27. The van der Waals surface area contributed by atoms with Crippen molar-refractivity contribution >= 4 is 0 Å². The summed E-state index contributed by atoms with van der Waals surface area (Å²) in [5.41, 5.74) is 0. The van der Waals surface area contributed by atoms with Crippen LogP contribution >= 0.6 is 0 Å². The Kier molecular flexibility index (Phi) is 2.14. The Morgan fingerprint density at radius 1 is 1.45 bits per heavy atom. The van der Waals surface area contributed by atoms with Gasteiger partial charge in [-0.2, -0.15) is 0 Å². The first-order chi connectivity index (χ1) is 5.36. The van der Waals surface area contributed by atoms with Gasteiger partial charge in [-0.25, -0.2) is 0 Å². The van der Waals surface area contributed by atoms with E-state index >= 15 is 0 Å². The van der Waals surface area contributed by atoms with Crippen molar-refractivity contribution in [2.45, 2.75) is 25.8 Å². The van der Waals surface area contributed by atoms with E-state index < -0.39 is 0 Å². The number of hydrogen-bond donors (Lipinski definition) is 2. The van der Waals surface area contributed by atoms with Crippen LogP contribution in [0.5, 0.6) is 0 Å². The predicted molar refractivity (Wildman–Crippen MR) is 46.5 cm³/mol. The van der Waals surface area contributed by atoms with Crippen LogP contribution in [-0.4, -0.2) is 25.7 Å². The molecule has 2 aliphatic rings. The summed E-state index contributed by atoms with van der Waals surface area (Å²) in [6, 6.07) is 0.774. The fraction of sp³-hybridized carbons (Fsp3) is 1.00. The van der Waals surface area contributed by atoms with E-state index in [9.17, 15) is 0 Å². The lowest BCUT2D eigenvalue weighted by Crippen LogP contribution is -2.56. The Labute approximate surface area is 68.7 Å². The maximum Gasteiger partial charge on any atom is 0.0317 e. The van der Waals surface area contributed by atoms with E-state index in [2.05, 4.69) is 17.6 Å². The van der Waals surface area contributed by atoms with E-state index in [1.807, 2.05) is 0 Å². The van der Waals surface area contributed by atoms with Gasteiger partial charge in [0.05, 0.1) is 0 Å². The van der Waals surface area contributed by atoms with Crippen molar-refractivity contribution in [2.75, 3.05) is 19.6 Å². The monoisotopic (exact) mass is 154 g/mol. The summed E-state index contributed by atoms with van der Waals surface area (Å²) in [7, 11) is 0. The number of rotatable bonds is 4. The summed E-state index contributed by atoms with van der Waals surface area (Å²) in [5.74, 6) is 1.96. The summed E-state index contributed by atoms with van der Waals surface area (Å²) >= 11 is 0. The molecule has 0 bridgehead atoms. The molecule has 2 rings (SSSR count). The predicted octanol–water partition coefficient (Wildman–Crippen LogP) is 0.594. The summed E-state index contributed by atoms with van der Waals surface area (Å²) < 4.78 is 0. The highest BCUT2D eigenvalue weighted by molar-refractivity contribution is 4.85. The Morgan fingerprint density at radius 2 is 2.18 bits per heavy atom. The molecule has 1 unspecified atom stereocenters. The Morgan fingerprint density at radius 3 is 2.64 bits per heavy atom. The third-order valence-corrected chi connectivity index (χ3v) is 2.94. The molecule has 0 radical (unpaired) electrons. The highest BCUT2D eigenvalue weighted by atomic mass is 15.1. The molecule has 1 aliphatic heterocycles. The lowest BCUT2D eigenvalue weighted by Gasteiger charge is -2.29. The molecule has 1 saturated carbocycles.